The number of aryl methyl sites for hydroxylation is 1. The summed E-state index contributed by atoms with van der Waals surface area (Å²) in [4.78, 5) is 30.5. The molecule has 0 unspecified atom stereocenters. The molecule has 2 amide bonds. The van der Waals surface area contributed by atoms with Crippen molar-refractivity contribution in [1.29, 1.82) is 0 Å². The van der Waals surface area contributed by atoms with Gasteiger partial charge >= 0.3 is 0 Å². The van der Waals surface area contributed by atoms with Gasteiger partial charge in [0.2, 0.25) is 5.91 Å². The summed E-state index contributed by atoms with van der Waals surface area (Å²) in [6, 6.07) is 15.0. The molecule has 0 aliphatic heterocycles. The lowest BCUT2D eigenvalue weighted by Gasteiger charge is -2.16. The zero-order valence-electron chi connectivity index (χ0n) is 17.5. The first kappa shape index (κ1) is 21.5. The molecular formula is C23H22N4O4S. The van der Waals surface area contributed by atoms with Crippen LogP contribution in [0.2, 0.25) is 0 Å². The number of rotatable bonds is 9. The minimum absolute atomic E-state index is 0.0400. The molecule has 1 N–H and O–H groups in total. The zero-order valence-corrected chi connectivity index (χ0v) is 18.3. The number of benzene rings is 1. The fourth-order valence-corrected chi connectivity index (χ4v) is 3.80. The van der Waals surface area contributed by atoms with Gasteiger partial charge in [-0.1, -0.05) is 35.5 Å². The topological polar surface area (TPSA) is 101 Å². The molecule has 164 valence electrons. The highest BCUT2D eigenvalue weighted by molar-refractivity contribution is 7.14. The van der Waals surface area contributed by atoms with Gasteiger partial charge in [0.05, 0.1) is 18.4 Å². The summed E-state index contributed by atoms with van der Waals surface area (Å²) >= 11 is 1.27. The standard InChI is InChI=1S/C23H22N4O4S/c1-27(11-5-9-18-14-19(26-31-18)16-7-3-2-4-8-16)21(28)13-17-15-32-23(24-17)25-22(29)20-10-6-12-30-20/h2-4,6-8,10,12,14-15H,5,9,11,13H2,1H3,(H,24,25,29). The molecule has 0 fully saturated rings. The molecule has 32 heavy (non-hydrogen) atoms. The number of carbonyl (C=O) groups is 2. The van der Waals surface area contributed by atoms with Crippen LogP contribution in [0.25, 0.3) is 11.3 Å². The van der Waals surface area contributed by atoms with Gasteiger partial charge in [-0.05, 0) is 18.6 Å². The van der Waals surface area contributed by atoms with E-state index in [1.807, 2.05) is 36.4 Å². The van der Waals surface area contributed by atoms with E-state index >= 15 is 0 Å². The second-order valence-electron chi connectivity index (χ2n) is 7.22. The van der Waals surface area contributed by atoms with E-state index in [1.165, 1.54) is 17.6 Å². The van der Waals surface area contributed by atoms with E-state index < -0.39 is 0 Å². The third kappa shape index (κ3) is 5.50. The molecule has 0 saturated carbocycles. The first-order chi connectivity index (χ1) is 15.6. The highest BCUT2D eigenvalue weighted by atomic mass is 32.1. The van der Waals surface area contributed by atoms with Crippen LogP contribution in [0.1, 0.15) is 28.4 Å². The van der Waals surface area contributed by atoms with E-state index in [2.05, 4.69) is 15.5 Å². The third-order valence-corrected chi connectivity index (χ3v) is 5.63. The molecular weight excluding hydrogens is 428 g/mol. The van der Waals surface area contributed by atoms with Gasteiger partial charge in [0.1, 0.15) is 11.5 Å². The highest BCUT2D eigenvalue weighted by Crippen LogP contribution is 2.20. The first-order valence-corrected chi connectivity index (χ1v) is 11.0. The number of furan rings is 1. The van der Waals surface area contributed by atoms with Crippen molar-refractivity contribution in [1.82, 2.24) is 15.0 Å². The van der Waals surface area contributed by atoms with Crippen molar-refractivity contribution in [3.8, 4) is 11.3 Å². The fourth-order valence-electron chi connectivity index (χ4n) is 3.09. The number of nitrogens with zero attached hydrogens (tertiary/aromatic N) is 3. The predicted octanol–water partition coefficient (Wildman–Crippen LogP) is 4.28. The van der Waals surface area contributed by atoms with Crippen LogP contribution >= 0.6 is 11.3 Å². The molecule has 3 aromatic heterocycles. The van der Waals surface area contributed by atoms with Crippen LogP contribution in [-0.2, 0) is 17.6 Å². The smallest absolute Gasteiger partial charge is 0.293 e. The van der Waals surface area contributed by atoms with Crippen molar-refractivity contribution in [2.45, 2.75) is 19.3 Å². The normalized spacial score (nSPS) is 10.8. The van der Waals surface area contributed by atoms with Crippen LogP contribution in [0.3, 0.4) is 0 Å². The number of carbonyl (C=O) groups excluding carboxylic acids is 2. The summed E-state index contributed by atoms with van der Waals surface area (Å²) in [5, 5.41) is 8.98. The summed E-state index contributed by atoms with van der Waals surface area (Å²) in [5.74, 6) is 0.588. The van der Waals surface area contributed by atoms with Gasteiger partial charge in [-0.15, -0.1) is 11.3 Å². The van der Waals surface area contributed by atoms with Gasteiger partial charge in [-0.2, -0.15) is 0 Å². The summed E-state index contributed by atoms with van der Waals surface area (Å²) in [5.41, 5.74) is 2.44. The summed E-state index contributed by atoms with van der Waals surface area (Å²) < 4.78 is 10.5. The van der Waals surface area contributed by atoms with Gasteiger partial charge in [0, 0.05) is 37.0 Å². The Morgan fingerprint density at radius 3 is 2.78 bits per heavy atom. The van der Waals surface area contributed by atoms with Crippen LogP contribution in [-0.4, -0.2) is 40.4 Å². The minimum atomic E-state index is -0.373. The Morgan fingerprint density at radius 2 is 2.00 bits per heavy atom. The Hall–Kier alpha value is -3.72. The Bertz CT molecular complexity index is 1170. The van der Waals surface area contributed by atoms with Crippen LogP contribution in [0.4, 0.5) is 5.13 Å². The zero-order chi connectivity index (χ0) is 22.3. The average molecular weight is 451 g/mol. The van der Waals surface area contributed by atoms with E-state index in [0.29, 0.717) is 23.8 Å². The number of thiazole rings is 1. The lowest BCUT2D eigenvalue weighted by atomic mass is 10.1. The fraction of sp³-hybridized carbons (Fsp3) is 0.217. The Kier molecular flexibility index (Phi) is 6.76. The van der Waals surface area contributed by atoms with Crippen molar-refractivity contribution in [2.24, 2.45) is 0 Å². The largest absolute Gasteiger partial charge is 0.459 e. The lowest BCUT2D eigenvalue weighted by Crippen LogP contribution is -2.29. The number of anilines is 1. The van der Waals surface area contributed by atoms with Gasteiger partial charge in [-0.3, -0.25) is 14.9 Å². The molecule has 9 heteroatoms. The van der Waals surface area contributed by atoms with Crippen molar-refractivity contribution < 1.29 is 18.5 Å². The number of amides is 2. The van der Waals surface area contributed by atoms with Crippen LogP contribution in [0.15, 0.2) is 69.1 Å². The van der Waals surface area contributed by atoms with Crippen molar-refractivity contribution >= 4 is 28.3 Å². The summed E-state index contributed by atoms with van der Waals surface area (Å²) in [6.07, 6.45) is 3.05. The predicted molar refractivity (Wildman–Crippen MR) is 120 cm³/mol. The molecule has 0 saturated heterocycles. The number of nitrogens with one attached hydrogen (secondary N) is 1. The van der Waals surface area contributed by atoms with E-state index in [4.69, 9.17) is 8.94 Å². The maximum atomic E-state index is 12.5. The molecule has 0 atom stereocenters. The molecule has 4 aromatic rings. The van der Waals surface area contributed by atoms with Crippen LogP contribution < -0.4 is 5.32 Å². The Morgan fingerprint density at radius 1 is 1.16 bits per heavy atom. The molecule has 0 bridgehead atoms. The number of hydrogen-bond donors (Lipinski definition) is 1. The van der Waals surface area contributed by atoms with Gasteiger partial charge in [0.15, 0.2) is 10.9 Å². The molecule has 8 nitrogen and oxygen atoms in total. The lowest BCUT2D eigenvalue weighted by molar-refractivity contribution is -0.129. The summed E-state index contributed by atoms with van der Waals surface area (Å²) in [7, 11) is 1.77. The SMILES string of the molecule is CN(CCCc1cc(-c2ccccc2)no1)C(=O)Cc1csc(NC(=O)c2ccco2)n1. The molecule has 4 rings (SSSR count). The maximum Gasteiger partial charge on any atom is 0.293 e. The average Bonchev–Trinajstić information content (AvgIpc) is 3.57. The highest BCUT2D eigenvalue weighted by Gasteiger charge is 2.15. The van der Waals surface area contributed by atoms with Gasteiger partial charge in [-0.25, -0.2) is 4.98 Å². The quantitative estimate of drug-likeness (QED) is 0.408. The second-order valence-corrected chi connectivity index (χ2v) is 8.07. The van der Waals surface area contributed by atoms with Crippen molar-refractivity contribution in [2.75, 3.05) is 18.9 Å². The number of likely N-dealkylation sites (N-methyl/N-ethyl adjacent to an activating group) is 1. The monoisotopic (exact) mass is 450 g/mol. The third-order valence-electron chi connectivity index (χ3n) is 4.82. The van der Waals surface area contributed by atoms with E-state index in [9.17, 15) is 9.59 Å². The van der Waals surface area contributed by atoms with Crippen molar-refractivity contribution in [3.05, 3.63) is 77.4 Å². The van der Waals surface area contributed by atoms with Crippen LogP contribution in [0.5, 0.6) is 0 Å². The molecule has 0 aliphatic carbocycles. The van der Waals surface area contributed by atoms with E-state index in [0.717, 1.165) is 23.4 Å². The van der Waals surface area contributed by atoms with E-state index in [1.54, 1.807) is 29.5 Å². The van der Waals surface area contributed by atoms with Crippen molar-refractivity contribution in [3.63, 3.8) is 0 Å². The Balaban J connectivity index is 1.22. The van der Waals surface area contributed by atoms with Gasteiger partial charge in [0.25, 0.3) is 5.91 Å². The summed E-state index contributed by atoms with van der Waals surface area (Å²) in [6.45, 7) is 0.590. The first-order valence-electron chi connectivity index (χ1n) is 10.1. The number of aromatic nitrogens is 2. The second kappa shape index (κ2) is 10.1. The van der Waals surface area contributed by atoms with E-state index in [-0.39, 0.29) is 24.0 Å². The van der Waals surface area contributed by atoms with Crippen LogP contribution in [0, 0.1) is 0 Å². The minimum Gasteiger partial charge on any atom is -0.459 e. The maximum absolute atomic E-state index is 12.5. The molecule has 0 radical (unpaired) electrons. The van der Waals surface area contributed by atoms with Gasteiger partial charge < -0.3 is 13.8 Å². The Labute approximate surface area is 188 Å². The molecule has 0 spiro atoms. The molecule has 0 aliphatic rings. The molecule has 3 heterocycles. The number of hydrogen-bond acceptors (Lipinski definition) is 7. The molecule has 1 aromatic carbocycles.